The predicted molar refractivity (Wildman–Crippen MR) is 55.4 cm³/mol. The number of nitrogens with one attached hydrogen (secondary N) is 2. The van der Waals surface area contributed by atoms with Gasteiger partial charge in [0, 0.05) is 0 Å². The second-order valence-electron chi connectivity index (χ2n) is 3.32. The Morgan fingerprint density at radius 1 is 1.27 bits per heavy atom. The molecule has 15 heavy (non-hydrogen) atoms. The summed E-state index contributed by atoms with van der Waals surface area (Å²) < 4.78 is 10.5. The normalized spacial score (nSPS) is 17.3. The molecule has 0 atom stereocenters. The van der Waals surface area contributed by atoms with Crippen molar-refractivity contribution in [1.29, 1.82) is 0 Å². The summed E-state index contributed by atoms with van der Waals surface area (Å²) in [5.41, 5.74) is 1.93. The molecule has 1 fully saturated rings. The van der Waals surface area contributed by atoms with Crippen molar-refractivity contribution in [2.24, 2.45) is 0 Å². The van der Waals surface area contributed by atoms with E-state index in [0.29, 0.717) is 19.2 Å². The van der Waals surface area contributed by atoms with Crippen molar-refractivity contribution in [3.8, 4) is 0 Å². The third kappa shape index (κ3) is 1.67. The lowest BCUT2D eigenvalue weighted by Gasteiger charge is -2.08. The quantitative estimate of drug-likeness (QED) is 0.776. The summed E-state index contributed by atoms with van der Waals surface area (Å²) in [4.78, 5) is 7.49. The Bertz CT molecular complexity index is 429. The minimum atomic E-state index is -0.384. The monoisotopic (exact) mass is 205 g/mol. The SMILES string of the molecule is c1ccc2[nH]c(NC3OCCO3)nc2c1. The van der Waals surface area contributed by atoms with Gasteiger partial charge in [0.2, 0.25) is 12.4 Å². The lowest BCUT2D eigenvalue weighted by atomic mass is 10.3. The standard InChI is InChI=1S/C10H11N3O2/c1-2-4-8-7(3-1)11-9(12-8)13-10-14-5-6-15-10/h1-4,10H,5-6H2,(H2,11,12,13). The lowest BCUT2D eigenvalue weighted by molar-refractivity contribution is -0.0182. The van der Waals surface area contributed by atoms with Crippen LogP contribution in [-0.4, -0.2) is 29.6 Å². The summed E-state index contributed by atoms with van der Waals surface area (Å²) in [6.45, 7) is 1.25. The van der Waals surface area contributed by atoms with Crippen molar-refractivity contribution in [3.05, 3.63) is 24.3 Å². The summed E-state index contributed by atoms with van der Waals surface area (Å²) >= 11 is 0. The van der Waals surface area contributed by atoms with Crippen molar-refractivity contribution >= 4 is 17.0 Å². The number of imidazole rings is 1. The van der Waals surface area contributed by atoms with E-state index in [1.807, 2.05) is 24.3 Å². The molecule has 1 aliphatic rings. The third-order valence-electron chi connectivity index (χ3n) is 2.27. The summed E-state index contributed by atoms with van der Waals surface area (Å²) in [6, 6.07) is 7.85. The Kier molecular flexibility index (Phi) is 2.04. The minimum Gasteiger partial charge on any atom is -0.333 e. The van der Waals surface area contributed by atoms with Crippen LogP contribution in [0.5, 0.6) is 0 Å². The Balaban J connectivity index is 1.84. The first-order chi connectivity index (χ1) is 7.42. The van der Waals surface area contributed by atoms with Crippen molar-refractivity contribution in [3.63, 3.8) is 0 Å². The van der Waals surface area contributed by atoms with Crippen molar-refractivity contribution < 1.29 is 9.47 Å². The Labute approximate surface area is 86.4 Å². The predicted octanol–water partition coefficient (Wildman–Crippen LogP) is 1.31. The zero-order chi connectivity index (χ0) is 10.1. The van der Waals surface area contributed by atoms with E-state index >= 15 is 0 Å². The molecule has 1 aromatic carbocycles. The number of H-pyrrole nitrogens is 1. The number of aromatic amines is 1. The number of ether oxygens (including phenoxy) is 2. The highest BCUT2D eigenvalue weighted by Gasteiger charge is 2.16. The second-order valence-corrected chi connectivity index (χ2v) is 3.32. The highest BCUT2D eigenvalue weighted by molar-refractivity contribution is 5.77. The van der Waals surface area contributed by atoms with Crippen LogP contribution < -0.4 is 5.32 Å². The van der Waals surface area contributed by atoms with E-state index in [-0.39, 0.29) is 6.41 Å². The van der Waals surface area contributed by atoms with Crippen molar-refractivity contribution in [1.82, 2.24) is 9.97 Å². The van der Waals surface area contributed by atoms with E-state index in [0.717, 1.165) is 11.0 Å². The van der Waals surface area contributed by atoms with Gasteiger partial charge in [0.15, 0.2) is 0 Å². The maximum atomic E-state index is 5.26. The summed E-state index contributed by atoms with van der Waals surface area (Å²) in [5, 5.41) is 3.02. The fourth-order valence-corrected chi connectivity index (χ4v) is 1.57. The topological polar surface area (TPSA) is 59.2 Å². The first-order valence-corrected chi connectivity index (χ1v) is 4.86. The first-order valence-electron chi connectivity index (χ1n) is 4.86. The molecule has 1 aliphatic heterocycles. The molecule has 2 aromatic rings. The number of hydrogen-bond donors (Lipinski definition) is 2. The van der Waals surface area contributed by atoms with E-state index in [4.69, 9.17) is 9.47 Å². The number of aromatic nitrogens is 2. The Morgan fingerprint density at radius 2 is 2.07 bits per heavy atom. The molecule has 78 valence electrons. The zero-order valence-electron chi connectivity index (χ0n) is 8.06. The van der Waals surface area contributed by atoms with Crippen LogP contribution in [0.3, 0.4) is 0 Å². The molecule has 5 heteroatoms. The van der Waals surface area contributed by atoms with Gasteiger partial charge < -0.3 is 19.8 Å². The van der Waals surface area contributed by atoms with E-state index in [9.17, 15) is 0 Å². The molecule has 2 N–H and O–H groups in total. The highest BCUT2D eigenvalue weighted by atomic mass is 16.7. The van der Waals surface area contributed by atoms with Crippen LogP contribution in [0.1, 0.15) is 0 Å². The van der Waals surface area contributed by atoms with Gasteiger partial charge in [-0.15, -0.1) is 0 Å². The van der Waals surface area contributed by atoms with E-state index in [1.165, 1.54) is 0 Å². The van der Waals surface area contributed by atoms with Crippen LogP contribution >= 0.6 is 0 Å². The van der Waals surface area contributed by atoms with Crippen LogP contribution in [-0.2, 0) is 9.47 Å². The van der Waals surface area contributed by atoms with Crippen LogP contribution in [0.2, 0.25) is 0 Å². The molecule has 2 heterocycles. The molecule has 1 saturated heterocycles. The van der Waals surface area contributed by atoms with Crippen molar-refractivity contribution in [2.75, 3.05) is 18.5 Å². The highest BCUT2D eigenvalue weighted by Crippen LogP contribution is 2.15. The molecule has 1 aromatic heterocycles. The minimum absolute atomic E-state index is 0.384. The van der Waals surface area contributed by atoms with Gasteiger partial charge in [-0.05, 0) is 12.1 Å². The van der Waals surface area contributed by atoms with Gasteiger partial charge in [0.1, 0.15) is 0 Å². The molecule has 0 bridgehead atoms. The molecule has 0 aliphatic carbocycles. The molecule has 3 rings (SSSR count). The van der Waals surface area contributed by atoms with Crippen molar-refractivity contribution in [2.45, 2.75) is 6.41 Å². The number of para-hydroxylation sites is 2. The number of hydrogen-bond acceptors (Lipinski definition) is 4. The van der Waals surface area contributed by atoms with Gasteiger partial charge in [0.05, 0.1) is 24.2 Å². The number of rotatable bonds is 2. The number of benzene rings is 1. The van der Waals surface area contributed by atoms with Gasteiger partial charge in [-0.25, -0.2) is 4.98 Å². The first kappa shape index (κ1) is 8.70. The van der Waals surface area contributed by atoms with Crippen LogP contribution in [0.4, 0.5) is 5.95 Å². The molecule has 0 radical (unpaired) electrons. The molecule has 5 nitrogen and oxygen atoms in total. The van der Waals surface area contributed by atoms with Crippen LogP contribution in [0.15, 0.2) is 24.3 Å². The second kappa shape index (κ2) is 3.52. The van der Waals surface area contributed by atoms with Gasteiger partial charge in [0.25, 0.3) is 0 Å². The van der Waals surface area contributed by atoms with E-state index in [2.05, 4.69) is 15.3 Å². The molecular formula is C10H11N3O2. The Morgan fingerprint density at radius 3 is 2.87 bits per heavy atom. The van der Waals surface area contributed by atoms with Gasteiger partial charge in [-0.3, -0.25) is 0 Å². The van der Waals surface area contributed by atoms with Gasteiger partial charge in [-0.1, -0.05) is 12.1 Å². The maximum absolute atomic E-state index is 5.26. The van der Waals surface area contributed by atoms with Crippen LogP contribution in [0, 0.1) is 0 Å². The summed E-state index contributed by atoms with van der Waals surface area (Å²) in [5.74, 6) is 0.670. The van der Waals surface area contributed by atoms with E-state index in [1.54, 1.807) is 0 Å². The number of fused-ring (bicyclic) bond motifs is 1. The Hall–Kier alpha value is -1.59. The number of anilines is 1. The van der Waals surface area contributed by atoms with Gasteiger partial charge >= 0.3 is 0 Å². The third-order valence-corrected chi connectivity index (χ3v) is 2.27. The molecule has 0 unspecified atom stereocenters. The summed E-state index contributed by atoms with van der Waals surface area (Å²) in [6.07, 6.45) is -0.384. The van der Waals surface area contributed by atoms with Gasteiger partial charge in [-0.2, -0.15) is 0 Å². The number of nitrogens with zero attached hydrogens (tertiary/aromatic N) is 1. The molecule has 0 saturated carbocycles. The molecule has 0 spiro atoms. The van der Waals surface area contributed by atoms with E-state index < -0.39 is 0 Å². The fraction of sp³-hybridized carbons (Fsp3) is 0.300. The van der Waals surface area contributed by atoms with Crippen LogP contribution in [0.25, 0.3) is 11.0 Å². The zero-order valence-corrected chi connectivity index (χ0v) is 8.06. The fourth-order valence-electron chi connectivity index (χ4n) is 1.57. The molecular weight excluding hydrogens is 194 g/mol. The average Bonchev–Trinajstić information content (AvgIpc) is 2.86. The average molecular weight is 205 g/mol. The molecule has 0 amide bonds. The largest absolute Gasteiger partial charge is 0.333 e. The smallest absolute Gasteiger partial charge is 0.240 e. The summed E-state index contributed by atoms with van der Waals surface area (Å²) in [7, 11) is 0. The lowest BCUT2D eigenvalue weighted by Crippen LogP contribution is -2.20. The maximum Gasteiger partial charge on any atom is 0.240 e.